The van der Waals surface area contributed by atoms with Crippen molar-refractivity contribution >= 4 is 11.9 Å². The highest BCUT2D eigenvalue weighted by atomic mass is 19.4. The van der Waals surface area contributed by atoms with Crippen LogP contribution in [0.3, 0.4) is 0 Å². The molecule has 0 spiro atoms. The average Bonchev–Trinajstić information content (AvgIpc) is 2.37. The molecule has 1 aromatic rings. The van der Waals surface area contributed by atoms with Crippen LogP contribution in [0.4, 0.5) is 13.2 Å². The third-order valence-electron chi connectivity index (χ3n) is 2.91. The lowest BCUT2D eigenvalue weighted by atomic mass is 10.0. The fraction of sp³-hybridized carbons (Fsp3) is 0.429. The van der Waals surface area contributed by atoms with E-state index in [9.17, 15) is 22.8 Å². The first-order valence-electron chi connectivity index (χ1n) is 6.33. The van der Waals surface area contributed by atoms with Gasteiger partial charge in [-0.1, -0.05) is 12.1 Å². The fourth-order valence-electron chi connectivity index (χ4n) is 1.88. The number of carboxylic acids is 1. The summed E-state index contributed by atoms with van der Waals surface area (Å²) in [7, 11) is 0. The van der Waals surface area contributed by atoms with E-state index in [0.29, 0.717) is 0 Å². The lowest BCUT2D eigenvalue weighted by Crippen LogP contribution is -2.39. The monoisotopic (exact) mass is 303 g/mol. The van der Waals surface area contributed by atoms with Crippen LogP contribution >= 0.6 is 0 Å². The lowest BCUT2D eigenvalue weighted by molar-refractivity contribution is -0.139. The van der Waals surface area contributed by atoms with Crippen LogP contribution in [0, 0.1) is 0 Å². The lowest BCUT2D eigenvalue weighted by Gasteiger charge is -2.27. The molecule has 116 valence electrons. The number of carboxylic acid groups (broad SMARTS) is 1. The maximum atomic E-state index is 12.9. The molecule has 0 atom stereocenters. The molecular weight excluding hydrogens is 287 g/mol. The molecule has 0 bridgehead atoms. The van der Waals surface area contributed by atoms with E-state index in [4.69, 9.17) is 5.11 Å². The van der Waals surface area contributed by atoms with Gasteiger partial charge in [-0.3, -0.25) is 9.59 Å². The Morgan fingerprint density at radius 2 is 1.81 bits per heavy atom. The summed E-state index contributed by atoms with van der Waals surface area (Å²) in [6.07, 6.45) is -4.96. The van der Waals surface area contributed by atoms with E-state index in [2.05, 4.69) is 0 Å². The first-order valence-corrected chi connectivity index (χ1v) is 6.33. The number of aliphatic carboxylic acids is 1. The standard InChI is InChI=1S/C14H16F3NO3/c1-9(2)18(8-7-12(19)20)13(21)10-5-3-4-6-11(10)14(15,16)17/h3-6,9H,7-8H2,1-2H3,(H,19,20). The molecule has 0 aliphatic rings. The summed E-state index contributed by atoms with van der Waals surface area (Å²) in [5.74, 6) is -1.93. The van der Waals surface area contributed by atoms with Crippen LogP contribution < -0.4 is 0 Å². The molecule has 0 aliphatic carbocycles. The Labute approximate surface area is 120 Å². The van der Waals surface area contributed by atoms with Gasteiger partial charge in [0.05, 0.1) is 17.5 Å². The van der Waals surface area contributed by atoms with E-state index in [0.717, 1.165) is 17.0 Å². The van der Waals surface area contributed by atoms with E-state index >= 15 is 0 Å². The van der Waals surface area contributed by atoms with Crippen molar-refractivity contribution in [2.45, 2.75) is 32.5 Å². The van der Waals surface area contributed by atoms with Crippen molar-refractivity contribution < 1.29 is 27.9 Å². The number of carbonyl (C=O) groups excluding carboxylic acids is 1. The normalized spacial score (nSPS) is 11.5. The van der Waals surface area contributed by atoms with E-state index in [1.165, 1.54) is 12.1 Å². The van der Waals surface area contributed by atoms with Crippen LogP contribution in [0.15, 0.2) is 24.3 Å². The second-order valence-corrected chi connectivity index (χ2v) is 4.78. The number of nitrogens with zero attached hydrogens (tertiary/aromatic N) is 1. The van der Waals surface area contributed by atoms with Gasteiger partial charge < -0.3 is 10.0 Å². The van der Waals surface area contributed by atoms with Crippen molar-refractivity contribution in [3.63, 3.8) is 0 Å². The van der Waals surface area contributed by atoms with Gasteiger partial charge in [0.1, 0.15) is 0 Å². The van der Waals surface area contributed by atoms with Gasteiger partial charge in [0, 0.05) is 12.6 Å². The third kappa shape index (κ3) is 4.47. The van der Waals surface area contributed by atoms with Crippen LogP contribution in [0.5, 0.6) is 0 Å². The molecule has 21 heavy (non-hydrogen) atoms. The highest BCUT2D eigenvalue weighted by Gasteiger charge is 2.36. The summed E-state index contributed by atoms with van der Waals surface area (Å²) in [5, 5.41) is 8.66. The molecule has 0 aromatic heterocycles. The number of rotatable bonds is 5. The molecule has 1 N–H and O–H groups in total. The van der Waals surface area contributed by atoms with Crippen LogP contribution in [0.2, 0.25) is 0 Å². The molecule has 7 heteroatoms. The zero-order valence-electron chi connectivity index (χ0n) is 11.6. The summed E-state index contributed by atoms with van der Waals surface area (Å²) in [4.78, 5) is 24.0. The van der Waals surface area contributed by atoms with Crippen LogP contribution in [0.1, 0.15) is 36.2 Å². The number of carbonyl (C=O) groups is 2. The number of benzene rings is 1. The van der Waals surface area contributed by atoms with E-state index in [1.54, 1.807) is 13.8 Å². The van der Waals surface area contributed by atoms with Crippen molar-refractivity contribution in [3.05, 3.63) is 35.4 Å². The molecule has 0 aliphatic heterocycles. The molecule has 0 saturated heterocycles. The van der Waals surface area contributed by atoms with Gasteiger partial charge in [0.15, 0.2) is 0 Å². The average molecular weight is 303 g/mol. The molecule has 1 amide bonds. The zero-order chi connectivity index (χ0) is 16.2. The van der Waals surface area contributed by atoms with Gasteiger partial charge in [-0.25, -0.2) is 0 Å². The minimum atomic E-state index is -4.64. The highest BCUT2D eigenvalue weighted by Crippen LogP contribution is 2.32. The Hall–Kier alpha value is -2.05. The SMILES string of the molecule is CC(C)N(CCC(=O)O)C(=O)c1ccccc1C(F)(F)F. The molecule has 0 saturated carbocycles. The Kier molecular flexibility index (Phi) is 5.34. The smallest absolute Gasteiger partial charge is 0.417 e. The Morgan fingerprint density at radius 1 is 1.24 bits per heavy atom. The van der Waals surface area contributed by atoms with Gasteiger partial charge in [0.2, 0.25) is 0 Å². The van der Waals surface area contributed by atoms with Crippen molar-refractivity contribution in [1.82, 2.24) is 4.90 Å². The molecule has 0 fully saturated rings. The number of halogens is 3. The summed E-state index contributed by atoms with van der Waals surface area (Å²) in [6, 6.07) is 4.08. The van der Waals surface area contributed by atoms with Crippen molar-refractivity contribution in [1.29, 1.82) is 0 Å². The quantitative estimate of drug-likeness (QED) is 0.909. The second-order valence-electron chi connectivity index (χ2n) is 4.78. The minimum absolute atomic E-state index is 0.141. The number of alkyl halides is 3. The van der Waals surface area contributed by atoms with Gasteiger partial charge in [0.25, 0.3) is 5.91 Å². The maximum absolute atomic E-state index is 12.9. The fourth-order valence-corrected chi connectivity index (χ4v) is 1.88. The maximum Gasteiger partial charge on any atom is 0.417 e. The van der Waals surface area contributed by atoms with Gasteiger partial charge in [-0.2, -0.15) is 13.2 Å². The molecule has 1 aromatic carbocycles. The highest BCUT2D eigenvalue weighted by molar-refractivity contribution is 5.96. The molecule has 4 nitrogen and oxygen atoms in total. The van der Waals surface area contributed by atoms with Crippen molar-refractivity contribution in [2.75, 3.05) is 6.54 Å². The number of hydrogen-bond donors (Lipinski definition) is 1. The zero-order valence-corrected chi connectivity index (χ0v) is 11.6. The Bertz CT molecular complexity index is 526. The number of amides is 1. The Balaban J connectivity index is 3.13. The van der Waals surface area contributed by atoms with Crippen molar-refractivity contribution in [3.8, 4) is 0 Å². The van der Waals surface area contributed by atoms with Crippen LogP contribution in [-0.4, -0.2) is 34.5 Å². The Morgan fingerprint density at radius 3 is 2.29 bits per heavy atom. The van der Waals surface area contributed by atoms with Gasteiger partial charge in [-0.15, -0.1) is 0 Å². The third-order valence-corrected chi connectivity index (χ3v) is 2.91. The molecule has 0 radical (unpaired) electrons. The van der Waals surface area contributed by atoms with E-state index in [1.807, 2.05) is 0 Å². The van der Waals surface area contributed by atoms with Gasteiger partial charge in [-0.05, 0) is 26.0 Å². The summed E-state index contributed by atoms with van der Waals surface area (Å²) >= 11 is 0. The van der Waals surface area contributed by atoms with E-state index < -0.39 is 35.2 Å². The van der Waals surface area contributed by atoms with Crippen LogP contribution in [0.25, 0.3) is 0 Å². The van der Waals surface area contributed by atoms with Crippen LogP contribution in [-0.2, 0) is 11.0 Å². The summed E-state index contributed by atoms with van der Waals surface area (Å²) in [5.41, 5.74) is -1.49. The molecule has 1 rings (SSSR count). The molecule has 0 heterocycles. The topological polar surface area (TPSA) is 57.6 Å². The predicted molar refractivity (Wildman–Crippen MR) is 69.9 cm³/mol. The first-order chi connectivity index (χ1) is 9.64. The second kappa shape index (κ2) is 6.60. The molecular formula is C14H16F3NO3. The van der Waals surface area contributed by atoms with Gasteiger partial charge >= 0.3 is 12.1 Å². The minimum Gasteiger partial charge on any atom is -0.481 e. The number of hydrogen-bond acceptors (Lipinski definition) is 2. The molecule has 0 unspecified atom stereocenters. The predicted octanol–water partition coefficient (Wildman–Crippen LogP) is 3.03. The summed E-state index contributed by atoms with van der Waals surface area (Å²) < 4.78 is 38.8. The van der Waals surface area contributed by atoms with Crippen molar-refractivity contribution in [2.24, 2.45) is 0 Å². The summed E-state index contributed by atoms with van der Waals surface area (Å²) in [6.45, 7) is 3.10. The largest absolute Gasteiger partial charge is 0.481 e. The van der Waals surface area contributed by atoms with E-state index in [-0.39, 0.29) is 13.0 Å². The first kappa shape index (κ1) is 17.0.